The second-order valence-corrected chi connectivity index (χ2v) is 3.94. The third kappa shape index (κ3) is 4.96. The van der Waals surface area contributed by atoms with Crippen LogP contribution in [0.15, 0.2) is 24.3 Å². The summed E-state index contributed by atoms with van der Waals surface area (Å²) in [5.74, 6) is 0. The number of rotatable bonds is 6. The van der Waals surface area contributed by atoms with E-state index in [1.54, 1.807) is 0 Å². The molecule has 1 rings (SSSR count). The summed E-state index contributed by atoms with van der Waals surface area (Å²) in [6.07, 6.45) is 1.87. The zero-order valence-electron chi connectivity index (χ0n) is 9.70. The lowest BCUT2D eigenvalue weighted by Gasteiger charge is -2.11. The monoisotopic (exact) mass is 207 g/mol. The molecule has 0 saturated carbocycles. The fraction of sp³-hybridized carbons (Fsp3) is 0.538. The molecule has 84 valence electrons. The summed E-state index contributed by atoms with van der Waals surface area (Å²) in [5.41, 5.74) is 8.61. The van der Waals surface area contributed by atoms with Crippen molar-refractivity contribution < 1.29 is 4.74 Å². The Labute approximate surface area is 92.4 Å². The lowest BCUT2D eigenvalue weighted by atomic mass is 10.0. The maximum atomic E-state index is 6.00. The van der Waals surface area contributed by atoms with Gasteiger partial charge in [-0.05, 0) is 32.3 Å². The molecular formula is C13H21NO. The molecule has 0 fully saturated rings. The van der Waals surface area contributed by atoms with Gasteiger partial charge in [0.2, 0.25) is 0 Å². The molecule has 1 unspecified atom stereocenters. The average Bonchev–Trinajstić information content (AvgIpc) is 2.22. The van der Waals surface area contributed by atoms with Gasteiger partial charge >= 0.3 is 0 Å². The van der Waals surface area contributed by atoms with Crippen LogP contribution in [0.25, 0.3) is 0 Å². The van der Waals surface area contributed by atoms with Gasteiger partial charge in [-0.15, -0.1) is 0 Å². The van der Waals surface area contributed by atoms with E-state index >= 15 is 0 Å². The molecular weight excluding hydrogens is 186 g/mol. The van der Waals surface area contributed by atoms with Crippen LogP contribution >= 0.6 is 0 Å². The SMILES string of the molecule is CCOCCC(N)Cc1ccc(C)cc1. The van der Waals surface area contributed by atoms with Crippen LogP contribution < -0.4 is 5.73 Å². The largest absolute Gasteiger partial charge is 0.382 e. The molecule has 0 spiro atoms. The van der Waals surface area contributed by atoms with Gasteiger partial charge in [-0.3, -0.25) is 0 Å². The van der Waals surface area contributed by atoms with Crippen molar-refractivity contribution >= 4 is 0 Å². The van der Waals surface area contributed by atoms with Gasteiger partial charge in [0.15, 0.2) is 0 Å². The minimum absolute atomic E-state index is 0.208. The molecule has 0 amide bonds. The van der Waals surface area contributed by atoms with Gasteiger partial charge in [-0.2, -0.15) is 0 Å². The zero-order chi connectivity index (χ0) is 11.1. The molecule has 2 heteroatoms. The number of ether oxygens (including phenoxy) is 1. The highest BCUT2D eigenvalue weighted by Gasteiger charge is 2.03. The molecule has 1 aromatic carbocycles. The van der Waals surface area contributed by atoms with Crippen molar-refractivity contribution in [1.82, 2.24) is 0 Å². The second kappa shape index (κ2) is 6.59. The van der Waals surface area contributed by atoms with Crippen molar-refractivity contribution in [2.24, 2.45) is 5.73 Å². The molecule has 0 aliphatic carbocycles. The lowest BCUT2D eigenvalue weighted by Crippen LogP contribution is -2.24. The minimum atomic E-state index is 0.208. The van der Waals surface area contributed by atoms with Crippen LogP contribution in [0, 0.1) is 6.92 Å². The Morgan fingerprint density at radius 1 is 1.27 bits per heavy atom. The van der Waals surface area contributed by atoms with Gasteiger partial charge in [0, 0.05) is 19.3 Å². The number of hydrogen-bond donors (Lipinski definition) is 1. The van der Waals surface area contributed by atoms with Crippen molar-refractivity contribution in [1.29, 1.82) is 0 Å². The fourth-order valence-corrected chi connectivity index (χ4v) is 1.51. The standard InChI is InChI=1S/C13H21NO/c1-3-15-9-8-13(14)10-12-6-4-11(2)5-7-12/h4-7,13H,3,8-10,14H2,1-2H3. The molecule has 0 aliphatic heterocycles. The van der Waals surface area contributed by atoms with Crippen LogP contribution in [-0.4, -0.2) is 19.3 Å². The molecule has 0 heterocycles. The van der Waals surface area contributed by atoms with Gasteiger partial charge in [0.25, 0.3) is 0 Å². The first kappa shape index (κ1) is 12.2. The van der Waals surface area contributed by atoms with Crippen LogP contribution in [0.3, 0.4) is 0 Å². The highest BCUT2D eigenvalue weighted by molar-refractivity contribution is 5.21. The fourth-order valence-electron chi connectivity index (χ4n) is 1.51. The maximum absolute atomic E-state index is 6.00. The summed E-state index contributed by atoms with van der Waals surface area (Å²) in [6.45, 7) is 5.64. The number of aryl methyl sites for hydroxylation is 1. The molecule has 0 saturated heterocycles. The summed E-state index contributed by atoms with van der Waals surface area (Å²) >= 11 is 0. The van der Waals surface area contributed by atoms with E-state index in [4.69, 9.17) is 10.5 Å². The van der Waals surface area contributed by atoms with Crippen LogP contribution in [-0.2, 0) is 11.2 Å². The smallest absolute Gasteiger partial charge is 0.0480 e. The Morgan fingerprint density at radius 2 is 1.93 bits per heavy atom. The second-order valence-electron chi connectivity index (χ2n) is 3.94. The zero-order valence-corrected chi connectivity index (χ0v) is 9.70. The van der Waals surface area contributed by atoms with E-state index in [1.165, 1.54) is 11.1 Å². The van der Waals surface area contributed by atoms with Gasteiger partial charge in [-0.25, -0.2) is 0 Å². The van der Waals surface area contributed by atoms with E-state index in [1.807, 2.05) is 6.92 Å². The van der Waals surface area contributed by atoms with Crippen LogP contribution in [0.5, 0.6) is 0 Å². The van der Waals surface area contributed by atoms with Crippen LogP contribution in [0.4, 0.5) is 0 Å². The average molecular weight is 207 g/mol. The molecule has 2 nitrogen and oxygen atoms in total. The Kier molecular flexibility index (Phi) is 5.37. The maximum Gasteiger partial charge on any atom is 0.0480 e. The first-order chi connectivity index (χ1) is 7.22. The van der Waals surface area contributed by atoms with E-state index in [0.29, 0.717) is 0 Å². The van der Waals surface area contributed by atoms with E-state index in [-0.39, 0.29) is 6.04 Å². The number of benzene rings is 1. The van der Waals surface area contributed by atoms with Crippen molar-refractivity contribution in [2.45, 2.75) is 32.7 Å². The van der Waals surface area contributed by atoms with Gasteiger partial charge < -0.3 is 10.5 Å². The molecule has 0 radical (unpaired) electrons. The van der Waals surface area contributed by atoms with Crippen molar-refractivity contribution in [2.75, 3.05) is 13.2 Å². The number of hydrogen-bond acceptors (Lipinski definition) is 2. The first-order valence-corrected chi connectivity index (χ1v) is 5.61. The molecule has 15 heavy (non-hydrogen) atoms. The van der Waals surface area contributed by atoms with Crippen molar-refractivity contribution in [3.63, 3.8) is 0 Å². The highest BCUT2D eigenvalue weighted by atomic mass is 16.5. The van der Waals surface area contributed by atoms with Crippen molar-refractivity contribution in [3.05, 3.63) is 35.4 Å². The third-order valence-corrected chi connectivity index (χ3v) is 2.46. The van der Waals surface area contributed by atoms with Gasteiger partial charge in [0.05, 0.1) is 0 Å². The van der Waals surface area contributed by atoms with E-state index in [0.717, 1.165) is 26.1 Å². The summed E-state index contributed by atoms with van der Waals surface area (Å²) < 4.78 is 5.28. The molecule has 0 aliphatic rings. The van der Waals surface area contributed by atoms with Crippen LogP contribution in [0.2, 0.25) is 0 Å². The Bertz CT molecular complexity index is 268. The highest BCUT2D eigenvalue weighted by Crippen LogP contribution is 2.06. The summed E-state index contributed by atoms with van der Waals surface area (Å²) in [6, 6.07) is 8.76. The molecule has 1 atom stereocenters. The van der Waals surface area contributed by atoms with Gasteiger partial charge in [0.1, 0.15) is 0 Å². The molecule has 0 bridgehead atoms. The Morgan fingerprint density at radius 3 is 2.53 bits per heavy atom. The topological polar surface area (TPSA) is 35.2 Å². The summed E-state index contributed by atoms with van der Waals surface area (Å²) in [4.78, 5) is 0. The molecule has 0 aromatic heterocycles. The summed E-state index contributed by atoms with van der Waals surface area (Å²) in [5, 5.41) is 0. The predicted molar refractivity (Wildman–Crippen MR) is 64.0 cm³/mol. The Hall–Kier alpha value is -0.860. The minimum Gasteiger partial charge on any atom is -0.382 e. The molecule has 1 aromatic rings. The summed E-state index contributed by atoms with van der Waals surface area (Å²) in [7, 11) is 0. The van der Waals surface area contributed by atoms with Crippen molar-refractivity contribution in [3.8, 4) is 0 Å². The normalized spacial score (nSPS) is 12.7. The van der Waals surface area contributed by atoms with E-state index in [2.05, 4.69) is 31.2 Å². The quantitative estimate of drug-likeness (QED) is 0.726. The predicted octanol–water partition coefficient (Wildman–Crippen LogP) is 2.29. The first-order valence-electron chi connectivity index (χ1n) is 5.61. The molecule has 2 N–H and O–H groups in total. The Balaban J connectivity index is 2.31. The third-order valence-electron chi connectivity index (χ3n) is 2.46. The van der Waals surface area contributed by atoms with E-state index < -0.39 is 0 Å². The number of nitrogens with two attached hydrogens (primary N) is 1. The van der Waals surface area contributed by atoms with Crippen LogP contribution in [0.1, 0.15) is 24.5 Å². The van der Waals surface area contributed by atoms with Gasteiger partial charge in [-0.1, -0.05) is 29.8 Å². The van der Waals surface area contributed by atoms with E-state index in [9.17, 15) is 0 Å². The lowest BCUT2D eigenvalue weighted by molar-refractivity contribution is 0.140.